The fourth-order valence-electron chi connectivity index (χ4n) is 4.08. The van der Waals surface area contributed by atoms with E-state index in [1.165, 1.54) is 17.3 Å². The summed E-state index contributed by atoms with van der Waals surface area (Å²) in [5.74, 6) is 0.765. The maximum absolute atomic E-state index is 13.3. The van der Waals surface area contributed by atoms with E-state index >= 15 is 0 Å². The fraction of sp³-hybridized carbons (Fsp3) is 0.167. The summed E-state index contributed by atoms with van der Waals surface area (Å²) < 4.78 is 8.18. The molecule has 7 heteroatoms. The lowest BCUT2D eigenvalue weighted by atomic mass is 10.1. The molecular formula is C30H27N3O2S2. The van der Waals surface area contributed by atoms with Gasteiger partial charge in [-0.2, -0.15) is 5.10 Å². The molecule has 0 unspecified atom stereocenters. The van der Waals surface area contributed by atoms with Gasteiger partial charge in [-0.3, -0.25) is 9.69 Å². The highest BCUT2D eigenvalue weighted by Crippen LogP contribution is 2.35. The molecule has 1 aliphatic heterocycles. The second kappa shape index (κ2) is 11.6. The number of carbonyl (C=O) groups is 1. The summed E-state index contributed by atoms with van der Waals surface area (Å²) in [6.45, 7) is 3.32. The number of rotatable bonds is 9. The smallest absolute Gasteiger partial charge is 0.266 e. The van der Waals surface area contributed by atoms with Gasteiger partial charge in [-0.05, 0) is 60.9 Å². The lowest BCUT2D eigenvalue weighted by molar-refractivity contribution is -0.122. The quantitative estimate of drug-likeness (QED) is 0.178. The van der Waals surface area contributed by atoms with Crippen molar-refractivity contribution in [2.75, 3.05) is 13.2 Å². The second-order valence-electron chi connectivity index (χ2n) is 8.65. The Morgan fingerprint density at radius 3 is 2.38 bits per heavy atom. The summed E-state index contributed by atoms with van der Waals surface area (Å²) in [7, 11) is 0. The van der Waals surface area contributed by atoms with Gasteiger partial charge in [-0.15, -0.1) is 0 Å². The number of benzene rings is 3. The van der Waals surface area contributed by atoms with E-state index < -0.39 is 0 Å². The van der Waals surface area contributed by atoms with Crippen molar-refractivity contribution < 1.29 is 9.53 Å². The van der Waals surface area contributed by atoms with Gasteiger partial charge in [0, 0.05) is 23.9 Å². The van der Waals surface area contributed by atoms with Crippen molar-refractivity contribution in [2.24, 2.45) is 0 Å². The first kappa shape index (κ1) is 25.0. The van der Waals surface area contributed by atoms with Crippen LogP contribution in [-0.2, 0) is 11.2 Å². The van der Waals surface area contributed by atoms with Crippen LogP contribution in [0, 0.1) is 0 Å². The van der Waals surface area contributed by atoms with E-state index in [-0.39, 0.29) is 5.91 Å². The largest absolute Gasteiger partial charge is 0.494 e. The fourth-order valence-corrected chi connectivity index (χ4v) is 5.38. The Balaban J connectivity index is 1.44. The Morgan fingerprint density at radius 2 is 1.68 bits per heavy atom. The molecule has 0 aliphatic carbocycles. The maximum Gasteiger partial charge on any atom is 0.266 e. The highest BCUT2D eigenvalue weighted by atomic mass is 32.2. The van der Waals surface area contributed by atoms with Gasteiger partial charge in [0.15, 0.2) is 0 Å². The minimum Gasteiger partial charge on any atom is -0.494 e. The first-order valence-electron chi connectivity index (χ1n) is 12.3. The standard InChI is InChI=1S/C30H27N3O2S2/c1-2-19-35-26-15-13-23(14-16-26)28-24(21-33(31-28)25-11-7-4-8-12-25)20-27-29(34)32(30(36)37-27)18-17-22-9-5-3-6-10-22/h3-16,20-21H,2,17-19H2,1H3/b27-20-. The van der Waals surface area contributed by atoms with Crippen LogP contribution in [0.15, 0.2) is 96.0 Å². The number of amides is 1. The number of para-hydroxylation sites is 1. The highest BCUT2D eigenvalue weighted by molar-refractivity contribution is 8.26. The molecule has 5 rings (SSSR count). The van der Waals surface area contributed by atoms with E-state index in [2.05, 4.69) is 19.1 Å². The zero-order chi connectivity index (χ0) is 25.6. The molecule has 0 spiro atoms. The van der Waals surface area contributed by atoms with Gasteiger partial charge in [-0.1, -0.05) is 79.4 Å². The summed E-state index contributed by atoms with van der Waals surface area (Å²) in [6, 6.07) is 28.0. The van der Waals surface area contributed by atoms with Crippen molar-refractivity contribution in [2.45, 2.75) is 19.8 Å². The van der Waals surface area contributed by atoms with Crippen molar-refractivity contribution in [3.8, 4) is 22.7 Å². The lowest BCUT2D eigenvalue weighted by Crippen LogP contribution is -2.30. The third kappa shape index (κ3) is 5.84. The highest BCUT2D eigenvalue weighted by Gasteiger charge is 2.32. The topological polar surface area (TPSA) is 47.4 Å². The number of carbonyl (C=O) groups excluding carboxylic acids is 1. The molecule has 5 nitrogen and oxygen atoms in total. The van der Waals surface area contributed by atoms with Crippen LogP contribution < -0.4 is 4.74 Å². The van der Waals surface area contributed by atoms with Crippen LogP contribution in [-0.4, -0.2) is 38.1 Å². The molecule has 0 N–H and O–H groups in total. The number of ether oxygens (including phenoxy) is 1. The van der Waals surface area contributed by atoms with Crippen LogP contribution in [0.2, 0.25) is 0 Å². The summed E-state index contributed by atoms with van der Waals surface area (Å²) in [5, 5.41) is 4.89. The van der Waals surface area contributed by atoms with Gasteiger partial charge in [0.05, 0.1) is 22.9 Å². The van der Waals surface area contributed by atoms with Crippen LogP contribution in [0.3, 0.4) is 0 Å². The molecule has 0 atom stereocenters. The van der Waals surface area contributed by atoms with Crippen LogP contribution in [0.4, 0.5) is 0 Å². The summed E-state index contributed by atoms with van der Waals surface area (Å²) in [4.78, 5) is 15.6. The predicted octanol–water partition coefficient (Wildman–Crippen LogP) is 6.77. The molecule has 2 heterocycles. The zero-order valence-electron chi connectivity index (χ0n) is 20.5. The third-order valence-corrected chi connectivity index (χ3v) is 7.37. The first-order chi connectivity index (χ1) is 18.1. The molecule has 4 aromatic rings. The van der Waals surface area contributed by atoms with Gasteiger partial charge in [0.25, 0.3) is 5.91 Å². The SMILES string of the molecule is CCCOc1ccc(-c2nn(-c3ccccc3)cc2/C=C2\SC(=S)N(CCc3ccccc3)C2=O)cc1. The molecule has 186 valence electrons. The van der Waals surface area contributed by atoms with E-state index in [9.17, 15) is 4.79 Å². The lowest BCUT2D eigenvalue weighted by Gasteiger charge is -2.14. The Labute approximate surface area is 226 Å². The van der Waals surface area contributed by atoms with E-state index in [4.69, 9.17) is 22.1 Å². The molecule has 1 fully saturated rings. The van der Waals surface area contributed by atoms with Crippen LogP contribution in [0.1, 0.15) is 24.5 Å². The van der Waals surface area contributed by atoms with Crippen molar-refractivity contribution in [1.82, 2.24) is 14.7 Å². The molecule has 1 saturated heterocycles. The summed E-state index contributed by atoms with van der Waals surface area (Å²) in [5.41, 5.74) is 4.72. The third-order valence-electron chi connectivity index (χ3n) is 5.99. The Morgan fingerprint density at radius 1 is 0.973 bits per heavy atom. The molecule has 1 aromatic heterocycles. The number of thiocarbonyl (C=S) groups is 1. The minimum absolute atomic E-state index is 0.0624. The van der Waals surface area contributed by atoms with Crippen LogP contribution in [0.5, 0.6) is 5.75 Å². The Kier molecular flexibility index (Phi) is 7.82. The maximum atomic E-state index is 13.3. The van der Waals surface area contributed by atoms with Crippen molar-refractivity contribution in [1.29, 1.82) is 0 Å². The number of aromatic nitrogens is 2. The van der Waals surface area contributed by atoms with Gasteiger partial charge >= 0.3 is 0 Å². The van der Waals surface area contributed by atoms with Crippen molar-refractivity contribution in [3.05, 3.63) is 107 Å². The average molecular weight is 526 g/mol. The molecular weight excluding hydrogens is 498 g/mol. The Bertz CT molecular complexity index is 1410. The molecule has 0 bridgehead atoms. The summed E-state index contributed by atoms with van der Waals surface area (Å²) >= 11 is 6.92. The van der Waals surface area contributed by atoms with Gasteiger partial charge in [0.1, 0.15) is 10.1 Å². The molecule has 0 saturated carbocycles. The number of hydrogen-bond acceptors (Lipinski definition) is 5. The van der Waals surface area contributed by atoms with Crippen LogP contribution in [0.25, 0.3) is 23.0 Å². The van der Waals surface area contributed by atoms with E-state index in [0.717, 1.165) is 41.1 Å². The first-order valence-corrected chi connectivity index (χ1v) is 13.5. The van der Waals surface area contributed by atoms with Crippen molar-refractivity contribution >= 4 is 40.3 Å². The van der Waals surface area contributed by atoms with E-state index in [1.807, 2.05) is 89.8 Å². The number of hydrogen-bond donors (Lipinski definition) is 0. The predicted molar refractivity (Wildman–Crippen MR) is 155 cm³/mol. The molecule has 37 heavy (non-hydrogen) atoms. The monoisotopic (exact) mass is 525 g/mol. The second-order valence-corrected chi connectivity index (χ2v) is 10.3. The molecule has 0 radical (unpaired) electrons. The van der Waals surface area contributed by atoms with Gasteiger partial charge in [-0.25, -0.2) is 4.68 Å². The molecule has 1 aliphatic rings. The van der Waals surface area contributed by atoms with E-state index in [0.29, 0.717) is 22.4 Å². The summed E-state index contributed by atoms with van der Waals surface area (Å²) in [6.07, 6.45) is 5.58. The number of nitrogens with zero attached hydrogens (tertiary/aromatic N) is 3. The van der Waals surface area contributed by atoms with Crippen LogP contribution >= 0.6 is 24.0 Å². The molecule has 3 aromatic carbocycles. The van der Waals surface area contributed by atoms with E-state index in [1.54, 1.807) is 4.90 Å². The number of thioether (sulfide) groups is 1. The van der Waals surface area contributed by atoms with Gasteiger partial charge in [0.2, 0.25) is 0 Å². The minimum atomic E-state index is -0.0624. The van der Waals surface area contributed by atoms with Gasteiger partial charge < -0.3 is 4.74 Å². The zero-order valence-corrected chi connectivity index (χ0v) is 22.2. The molecule has 1 amide bonds. The average Bonchev–Trinajstić information content (AvgIpc) is 3.48. The Hall–Kier alpha value is -3.68. The normalized spacial score (nSPS) is 14.5. The van der Waals surface area contributed by atoms with Crippen molar-refractivity contribution in [3.63, 3.8) is 0 Å².